The first-order chi connectivity index (χ1) is 19.1. The second kappa shape index (κ2) is 14.0. The Morgan fingerprint density at radius 1 is 0.927 bits per heavy atom. The van der Waals surface area contributed by atoms with E-state index in [2.05, 4.69) is 6.92 Å². The van der Waals surface area contributed by atoms with Gasteiger partial charge in [-0.1, -0.05) is 39.8 Å². The summed E-state index contributed by atoms with van der Waals surface area (Å²) in [7, 11) is 1.64. The van der Waals surface area contributed by atoms with Crippen molar-refractivity contribution < 1.29 is 43.1 Å². The largest absolute Gasteiger partial charge is 0.497 e. The normalized spacial score (nSPS) is 32.9. The Morgan fingerprint density at radius 2 is 1.54 bits per heavy atom. The van der Waals surface area contributed by atoms with Crippen LogP contribution in [0, 0.1) is 29.6 Å². The van der Waals surface area contributed by atoms with Crippen molar-refractivity contribution in [3.05, 3.63) is 29.8 Å². The topological polar surface area (TPSA) is 110 Å². The number of carbonyl (C=O) groups is 2. The van der Waals surface area contributed by atoms with Crippen LogP contribution in [0.25, 0.3) is 0 Å². The summed E-state index contributed by atoms with van der Waals surface area (Å²) in [5.74, 6) is -2.32. The third kappa shape index (κ3) is 8.29. The van der Waals surface area contributed by atoms with Crippen LogP contribution >= 0.6 is 0 Å². The zero-order valence-corrected chi connectivity index (χ0v) is 26.3. The first kappa shape index (κ1) is 33.5. The average Bonchev–Trinajstić information content (AvgIpc) is 2.92. The van der Waals surface area contributed by atoms with E-state index in [0.717, 1.165) is 11.3 Å². The molecule has 0 spiro atoms. The van der Waals surface area contributed by atoms with Gasteiger partial charge in [-0.2, -0.15) is 0 Å². The number of Topliss-reactive ketones (excluding diaryl/α,β-unsaturated/α-hetero) is 1. The van der Waals surface area contributed by atoms with Gasteiger partial charge in [-0.05, 0) is 58.2 Å². The molecule has 2 saturated heterocycles. The van der Waals surface area contributed by atoms with Gasteiger partial charge in [-0.25, -0.2) is 0 Å². The monoisotopic (exact) mass is 578 g/mol. The lowest BCUT2D eigenvalue weighted by atomic mass is 9.78. The Labute approximate surface area is 245 Å². The Morgan fingerprint density at radius 3 is 2.12 bits per heavy atom. The minimum atomic E-state index is -0.956. The lowest BCUT2D eigenvalue weighted by Gasteiger charge is -2.48. The number of carbonyl (C=O) groups excluding carboxylic acids is 1. The lowest BCUT2D eigenvalue weighted by Crippen LogP contribution is -2.56. The predicted molar refractivity (Wildman–Crippen MR) is 153 cm³/mol. The van der Waals surface area contributed by atoms with Crippen molar-refractivity contribution >= 4 is 11.8 Å². The maximum Gasteiger partial charge on any atom is 0.308 e. The van der Waals surface area contributed by atoms with E-state index in [1.54, 1.807) is 27.9 Å². The van der Waals surface area contributed by atoms with Gasteiger partial charge in [-0.15, -0.1) is 0 Å². The molecule has 9 heteroatoms. The molecule has 0 amide bonds. The molecule has 0 bridgehead atoms. The standard InChI is InChI=1S/C32H50O9/c1-17(27-19(3)29(21(5)31(34)35)41-32(8,9)40-27)15-26(33)30-20(4)28(38-23(7)39-30)18(2)22(6)37-16-24-11-13-25(36-10)14-12-24/h11-14,17-23,27-30H,15-16H2,1-10H3,(H,34,35)/t17-,18-,19+,20+,21+,22+,23?,27-,28-,29-,30+/m0/s1. The van der Waals surface area contributed by atoms with E-state index < -0.39 is 36.2 Å². The van der Waals surface area contributed by atoms with E-state index in [9.17, 15) is 14.7 Å². The van der Waals surface area contributed by atoms with Gasteiger partial charge in [-0.3, -0.25) is 9.59 Å². The Bertz CT molecular complexity index is 1010. The van der Waals surface area contributed by atoms with E-state index in [-0.39, 0.29) is 54.2 Å². The molecule has 1 aromatic rings. The third-order valence-corrected chi connectivity index (χ3v) is 8.77. The number of rotatable bonds is 12. The van der Waals surface area contributed by atoms with Crippen molar-refractivity contribution in [3.63, 3.8) is 0 Å². The molecule has 3 rings (SSSR count). The molecule has 41 heavy (non-hydrogen) atoms. The van der Waals surface area contributed by atoms with E-state index in [1.807, 2.05) is 58.9 Å². The van der Waals surface area contributed by atoms with Crippen molar-refractivity contribution in [2.24, 2.45) is 29.6 Å². The Hall–Kier alpha value is -2.04. The van der Waals surface area contributed by atoms with Crippen LogP contribution in [0.15, 0.2) is 24.3 Å². The van der Waals surface area contributed by atoms with Crippen LogP contribution in [-0.4, -0.2) is 66.6 Å². The van der Waals surface area contributed by atoms with Gasteiger partial charge in [0.05, 0.1) is 44.1 Å². The molecule has 232 valence electrons. The number of hydrogen-bond acceptors (Lipinski definition) is 8. The summed E-state index contributed by atoms with van der Waals surface area (Å²) in [4.78, 5) is 25.4. The van der Waals surface area contributed by atoms with Gasteiger partial charge in [0.2, 0.25) is 0 Å². The fourth-order valence-corrected chi connectivity index (χ4v) is 6.19. The number of ketones is 1. The number of ether oxygens (including phenoxy) is 6. The lowest BCUT2D eigenvalue weighted by molar-refractivity contribution is -0.333. The van der Waals surface area contributed by atoms with E-state index >= 15 is 0 Å². The second-order valence-corrected chi connectivity index (χ2v) is 12.5. The smallest absolute Gasteiger partial charge is 0.308 e. The minimum absolute atomic E-state index is 0.00733. The zero-order chi connectivity index (χ0) is 30.6. The molecule has 9 nitrogen and oxygen atoms in total. The molecule has 1 N–H and O–H groups in total. The maximum absolute atomic E-state index is 13.7. The highest BCUT2D eigenvalue weighted by atomic mass is 16.7. The SMILES string of the molecule is COc1ccc(CO[C@H](C)[C@H](C)[C@@H]2OC(C)O[C@@H](C(=O)C[C@H](C)[C@@H]3OC(C)(C)O[C@H]([C@@H](C)C(=O)O)[C@@H]3C)[C@@H]2C)cc1. The van der Waals surface area contributed by atoms with Gasteiger partial charge in [0.1, 0.15) is 11.9 Å². The second-order valence-electron chi connectivity index (χ2n) is 12.5. The first-order valence-electron chi connectivity index (χ1n) is 14.8. The summed E-state index contributed by atoms with van der Waals surface area (Å²) in [5, 5.41) is 9.62. The van der Waals surface area contributed by atoms with Crippen molar-refractivity contribution in [1.29, 1.82) is 0 Å². The summed E-state index contributed by atoms with van der Waals surface area (Å²) in [6.07, 6.45) is -2.13. The molecule has 11 atom stereocenters. The number of carboxylic acids is 1. The fourth-order valence-electron chi connectivity index (χ4n) is 6.19. The summed E-state index contributed by atoms with van der Waals surface area (Å²) in [6, 6.07) is 7.79. The van der Waals surface area contributed by atoms with Crippen LogP contribution in [0.5, 0.6) is 5.75 Å². The van der Waals surface area contributed by atoms with Crippen molar-refractivity contribution in [1.82, 2.24) is 0 Å². The molecular weight excluding hydrogens is 528 g/mol. The van der Waals surface area contributed by atoms with Gasteiger partial charge in [0.25, 0.3) is 0 Å². The summed E-state index contributed by atoms with van der Waals surface area (Å²) >= 11 is 0. The van der Waals surface area contributed by atoms with Crippen LogP contribution in [0.2, 0.25) is 0 Å². The number of aliphatic carboxylic acids is 1. The zero-order valence-electron chi connectivity index (χ0n) is 26.3. The number of carboxylic acid groups (broad SMARTS) is 1. The molecule has 0 aromatic heterocycles. The highest BCUT2D eigenvalue weighted by molar-refractivity contribution is 5.83. The Balaban J connectivity index is 1.64. The summed E-state index contributed by atoms with van der Waals surface area (Å²) < 4.78 is 36.0. The third-order valence-electron chi connectivity index (χ3n) is 8.77. The maximum atomic E-state index is 13.7. The molecule has 0 aliphatic carbocycles. The van der Waals surface area contributed by atoms with Crippen molar-refractivity contribution in [2.75, 3.05) is 7.11 Å². The number of benzene rings is 1. The molecule has 2 aliphatic heterocycles. The average molecular weight is 579 g/mol. The van der Waals surface area contributed by atoms with Crippen LogP contribution < -0.4 is 4.74 Å². The first-order valence-corrected chi connectivity index (χ1v) is 14.8. The van der Waals surface area contributed by atoms with Gasteiger partial charge < -0.3 is 33.5 Å². The molecule has 2 heterocycles. The summed E-state index contributed by atoms with van der Waals surface area (Å²) in [6.45, 7) is 17.5. The Kier molecular flexibility index (Phi) is 11.4. The molecule has 2 aliphatic rings. The molecule has 1 unspecified atom stereocenters. The molecule has 2 fully saturated rings. The van der Waals surface area contributed by atoms with Crippen LogP contribution in [0.4, 0.5) is 0 Å². The van der Waals surface area contributed by atoms with E-state index in [0.29, 0.717) is 6.61 Å². The highest BCUT2D eigenvalue weighted by Crippen LogP contribution is 2.39. The highest BCUT2D eigenvalue weighted by Gasteiger charge is 2.48. The van der Waals surface area contributed by atoms with Crippen LogP contribution in [0.3, 0.4) is 0 Å². The van der Waals surface area contributed by atoms with Gasteiger partial charge >= 0.3 is 5.97 Å². The minimum Gasteiger partial charge on any atom is -0.497 e. The van der Waals surface area contributed by atoms with Crippen molar-refractivity contribution in [3.8, 4) is 5.75 Å². The van der Waals surface area contributed by atoms with Gasteiger partial charge in [0.15, 0.2) is 17.9 Å². The number of methoxy groups -OCH3 is 1. The van der Waals surface area contributed by atoms with E-state index in [4.69, 9.17) is 28.4 Å². The van der Waals surface area contributed by atoms with E-state index in [1.165, 1.54) is 0 Å². The fraction of sp³-hybridized carbons (Fsp3) is 0.750. The quantitative estimate of drug-likeness (QED) is 0.345. The molecular formula is C32H50O9. The predicted octanol–water partition coefficient (Wildman–Crippen LogP) is 5.47. The van der Waals surface area contributed by atoms with Crippen LogP contribution in [-0.2, 0) is 39.9 Å². The number of hydrogen-bond donors (Lipinski definition) is 1. The van der Waals surface area contributed by atoms with Gasteiger partial charge in [0, 0.05) is 24.2 Å². The molecule has 0 saturated carbocycles. The molecule has 1 aromatic carbocycles. The summed E-state index contributed by atoms with van der Waals surface area (Å²) in [5.41, 5.74) is 1.05. The van der Waals surface area contributed by atoms with Crippen molar-refractivity contribution in [2.45, 2.75) is 118 Å². The molecule has 0 radical (unpaired) electrons. The van der Waals surface area contributed by atoms with Crippen LogP contribution in [0.1, 0.15) is 74.3 Å².